The van der Waals surface area contributed by atoms with Gasteiger partial charge in [-0.3, -0.25) is 9.89 Å². The third-order valence-corrected chi connectivity index (χ3v) is 5.28. The van der Waals surface area contributed by atoms with Gasteiger partial charge in [0.1, 0.15) is 23.3 Å². The number of rotatable bonds is 6. The molecule has 1 aliphatic rings. The van der Waals surface area contributed by atoms with Crippen LogP contribution in [0.25, 0.3) is 11.3 Å². The predicted octanol–water partition coefficient (Wildman–Crippen LogP) is 2.88. The van der Waals surface area contributed by atoms with Crippen molar-refractivity contribution in [2.24, 2.45) is 0 Å². The lowest BCUT2D eigenvalue weighted by molar-refractivity contribution is 0.0580. The predicted molar refractivity (Wildman–Crippen MR) is 113 cm³/mol. The summed E-state index contributed by atoms with van der Waals surface area (Å²) in [6.45, 7) is 3.07. The van der Waals surface area contributed by atoms with Crippen molar-refractivity contribution in [1.82, 2.24) is 25.3 Å². The van der Waals surface area contributed by atoms with Gasteiger partial charge in [-0.15, -0.1) is 5.10 Å². The topological polar surface area (TPSA) is 102 Å². The van der Waals surface area contributed by atoms with Gasteiger partial charge in [-0.2, -0.15) is 10.2 Å². The van der Waals surface area contributed by atoms with Gasteiger partial charge in [0, 0.05) is 37.6 Å². The summed E-state index contributed by atoms with van der Waals surface area (Å²) in [5, 5.41) is 15.2. The van der Waals surface area contributed by atoms with Gasteiger partial charge in [0.2, 0.25) is 5.88 Å². The largest absolute Gasteiger partial charge is 0.497 e. The molecule has 0 spiro atoms. The van der Waals surface area contributed by atoms with Gasteiger partial charge >= 0.3 is 0 Å². The quantitative estimate of drug-likeness (QED) is 0.650. The number of benzene rings is 1. The molecule has 1 saturated heterocycles. The van der Waals surface area contributed by atoms with Crippen LogP contribution < -0.4 is 14.2 Å². The number of nitrogens with one attached hydrogen (secondary N) is 1. The number of ether oxygens (including phenoxy) is 3. The molecule has 2 aromatic heterocycles. The Balaban J connectivity index is 1.40. The van der Waals surface area contributed by atoms with Crippen molar-refractivity contribution in [3.05, 3.63) is 47.8 Å². The number of aromatic amines is 1. The van der Waals surface area contributed by atoms with E-state index in [1.54, 1.807) is 25.2 Å². The Morgan fingerprint density at radius 2 is 1.87 bits per heavy atom. The molecule has 1 fully saturated rings. The summed E-state index contributed by atoms with van der Waals surface area (Å²) in [4.78, 5) is 14.8. The molecule has 0 atom stereocenters. The minimum Gasteiger partial charge on any atom is -0.497 e. The summed E-state index contributed by atoms with van der Waals surface area (Å²) in [5.74, 6) is 1.77. The van der Waals surface area contributed by atoms with E-state index < -0.39 is 0 Å². The zero-order chi connectivity index (χ0) is 21.8. The van der Waals surface area contributed by atoms with Crippen LogP contribution >= 0.6 is 0 Å². The van der Waals surface area contributed by atoms with E-state index in [9.17, 15) is 4.79 Å². The van der Waals surface area contributed by atoms with Crippen molar-refractivity contribution in [2.75, 3.05) is 27.3 Å². The molecule has 31 heavy (non-hydrogen) atoms. The first-order chi connectivity index (χ1) is 15.1. The second-order valence-corrected chi connectivity index (χ2v) is 7.36. The molecule has 1 aliphatic heterocycles. The molecule has 0 aliphatic carbocycles. The molecule has 1 aromatic carbocycles. The normalized spacial score (nSPS) is 14.4. The molecule has 162 valence electrons. The Hall–Kier alpha value is -3.62. The number of amides is 1. The van der Waals surface area contributed by atoms with Crippen molar-refractivity contribution in [1.29, 1.82) is 0 Å². The van der Waals surface area contributed by atoms with Crippen LogP contribution in [0.2, 0.25) is 0 Å². The van der Waals surface area contributed by atoms with E-state index in [0.29, 0.717) is 41.9 Å². The lowest BCUT2D eigenvalue weighted by Gasteiger charge is -2.31. The van der Waals surface area contributed by atoms with E-state index in [1.165, 1.54) is 0 Å². The number of methoxy groups -OCH3 is 2. The molecule has 9 nitrogen and oxygen atoms in total. The standard InChI is InChI=1S/C22H25N5O4/c1-14-4-7-21(26-23-14)31-15-8-10-27(11-9-15)22(28)19-13-18(24-25-19)17-12-16(29-2)5-6-20(17)30-3/h4-7,12-13,15H,8-11H2,1-3H3,(H,24,25). The average Bonchev–Trinajstić information content (AvgIpc) is 3.30. The number of likely N-dealkylation sites (tertiary alicyclic amines) is 1. The van der Waals surface area contributed by atoms with Crippen molar-refractivity contribution in [3.63, 3.8) is 0 Å². The first-order valence-corrected chi connectivity index (χ1v) is 10.1. The van der Waals surface area contributed by atoms with E-state index in [1.807, 2.05) is 37.3 Å². The van der Waals surface area contributed by atoms with E-state index in [4.69, 9.17) is 14.2 Å². The molecule has 3 heterocycles. The lowest BCUT2D eigenvalue weighted by Crippen LogP contribution is -2.42. The minimum absolute atomic E-state index is 0.0134. The zero-order valence-electron chi connectivity index (χ0n) is 17.8. The molecule has 0 unspecified atom stereocenters. The van der Waals surface area contributed by atoms with Crippen molar-refractivity contribution in [3.8, 4) is 28.6 Å². The maximum Gasteiger partial charge on any atom is 0.271 e. The van der Waals surface area contributed by atoms with Gasteiger partial charge < -0.3 is 19.1 Å². The van der Waals surface area contributed by atoms with Crippen molar-refractivity contribution < 1.29 is 19.0 Å². The Morgan fingerprint density at radius 3 is 2.55 bits per heavy atom. The van der Waals surface area contributed by atoms with Crippen molar-refractivity contribution in [2.45, 2.75) is 25.9 Å². The summed E-state index contributed by atoms with van der Waals surface area (Å²) < 4.78 is 16.6. The summed E-state index contributed by atoms with van der Waals surface area (Å²) in [5.41, 5.74) is 2.65. The zero-order valence-corrected chi connectivity index (χ0v) is 17.8. The van der Waals surface area contributed by atoms with Gasteiger partial charge in [-0.05, 0) is 37.3 Å². The molecular formula is C22H25N5O4. The van der Waals surface area contributed by atoms with Crippen LogP contribution in [0.15, 0.2) is 36.4 Å². The van der Waals surface area contributed by atoms with Gasteiger partial charge in [-0.25, -0.2) is 0 Å². The minimum atomic E-state index is -0.0887. The molecular weight excluding hydrogens is 398 g/mol. The summed E-state index contributed by atoms with van der Waals surface area (Å²) in [6, 6.07) is 10.9. The maximum atomic E-state index is 13.0. The Kier molecular flexibility index (Phi) is 6.01. The van der Waals surface area contributed by atoms with Crippen LogP contribution in [0.1, 0.15) is 29.0 Å². The maximum absolute atomic E-state index is 13.0. The summed E-state index contributed by atoms with van der Waals surface area (Å²) >= 11 is 0. The SMILES string of the molecule is COc1ccc(OC)c(-c2cc(C(=O)N3CCC(Oc4ccc(C)nn4)CC3)[nH]n2)c1. The van der Waals surface area contributed by atoms with Crippen LogP contribution in [0, 0.1) is 6.92 Å². The fourth-order valence-corrected chi connectivity index (χ4v) is 3.55. The second-order valence-electron chi connectivity index (χ2n) is 7.36. The highest BCUT2D eigenvalue weighted by atomic mass is 16.5. The lowest BCUT2D eigenvalue weighted by atomic mass is 10.1. The number of aryl methyl sites for hydroxylation is 1. The molecule has 1 amide bonds. The number of aromatic nitrogens is 4. The molecule has 0 bridgehead atoms. The monoisotopic (exact) mass is 423 g/mol. The van der Waals surface area contributed by atoms with E-state index in [0.717, 1.165) is 24.1 Å². The number of nitrogens with zero attached hydrogens (tertiary/aromatic N) is 4. The second kappa shape index (κ2) is 9.03. The fraction of sp³-hybridized carbons (Fsp3) is 0.364. The van der Waals surface area contributed by atoms with Crippen molar-refractivity contribution >= 4 is 5.91 Å². The third-order valence-electron chi connectivity index (χ3n) is 5.28. The van der Waals surface area contributed by atoms with Gasteiger partial charge in [-0.1, -0.05) is 0 Å². The number of H-pyrrole nitrogens is 1. The van der Waals surface area contributed by atoms with Crippen LogP contribution in [-0.4, -0.2) is 64.6 Å². The van der Waals surface area contributed by atoms with Crippen LogP contribution in [0.3, 0.4) is 0 Å². The number of hydrogen-bond acceptors (Lipinski definition) is 7. The van der Waals surface area contributed by atoms with E-state index >= 15 is 0 Å². The smallest absolute Gasteiger partial charge is 0.271 e. The van der Waals surface area contributed by atoms with Crippen LogP contribution in [0.5, 0.6) is 17.4 Å². The number of piperidine rings is 1. The number of carbonyl (C=O) groups excluding carboxylic acids is 1. The van der Waals surface area contributed by atoms with E-state index in [2.05, 4.69) is 20.4 Å². The number of carbonyl (C=O) groups is 1. The molecule has 9 heteroatoms. The van der Waals surface area contributed by atoms with Gasteiger partial charge in [0.15, 0.2) is 0 Å². The third kappa shape index (κ3) is 4.60. The van der Waals surface area contributed by atoms with Gasteiger partial charge in [0.25, 0.3) is 5.91 Å². The van der Waals surface area contributed by atoms with E-state index in [-0.39, 0.29) is 12.0 Å². The first kappa shape index (κ1) is 20.6. The molecule has 0 saturated carbocycles. The fourth-order valence-electron chi connectivity index (χ4n) is 3.55. The highest BCUT2D eigenvalue weighted by molar-refractivity contribution is 5.93. The van der Waals surface area contributed by atoms with Gasteiger partial charge in [0.05, 0.1) is 25.6 Å². The highest BCUT2D eigenvalue weighted by Crippen LogP contribution is 2.32. The number of hydrogen-bond donors (Lipinski definition) is 1. The molecule has 4 rings (SSSR count). The Bertz CT molecular complexity index is 1040. The summed E-state index contributed by atoms with van der Waals surface area (Å²) in [6.07, 6.45) is 1.47. The Labute approximate surface area is 180 Å². The molecule has 3 aromatic rings. The molecule has 0 radical (unpaired) electrons. The average molecular weight is 423 g/mol. The van der Waals surface area contributed by atoms with Crippen LogP contribution in [-0.2, 0) is 0 Å². The van der Waals surface area contributed by atoms with Crippen LogP contribution in [0.4, 0.5) is 0 Å². The first-order valence-electron chi connectivity index (χ1n) is 10.1. The summed E-state index contributed by atoms with van der Waals surface area (Å²) in [7, 11) is 3.20. The Morgan fingerprint density at radius 1 is 1.06 bits per heavy atom. The highest BCUT2D eigenvalue weighted by Gasteiger charge is 2.26. The molecule has 1 N–H and O–H groups in total.